The van der Waals surface area contributed by atoms with Gasteiger partial charge in [0.05, 0.1) is 34.2 Å². The van der Waals surface area contributed by atoms with Gasteiger partial charge in [-0.1, -0.05) is 93.8 Å². The van der Waals surface area contributed by atoms with Crippen LogP contribution in [0.25, 0.3) is 0 Å². The molecular weight excluding hydrogens is 621 g/mol. The third-order valence-electron chi connectivity index (χ3n) is 11.4. The Morgan fingerprint density at radius 3 is 1.02 bits per heavy atom. The minimum atomic E-state index is 0. The van der Waals surface area contributed by atoms with Crippen LogP contribution in [-0.2, 0) is 16.8 Å². The first-order valence-corrected chi connectivity index (χ1v) is 18.2. The topological polar surface area (TPSA) is 85.2 Å². The molecule has 5 nitrogen and oxygen atoms in total. The van der Waals surface area contributed by atoms with Gasteiger partial charge in [0.2, 0.25) is 0 Å². The molecule has 0 bridgehead atoms. The fourth-order valence-corrected chi connectivity index (χ4v) is 8.97. The SMILES string of the molecule is CC(=Nc1c(C2CCCC2)cccc1C1CCCC1)c1cccc(C(C)=Nc2c(C3CCCC3)cccc2C2CCCC2)n1.N#N.[Co]. The zero-order valence-electron chi connectivity index (χ0n) is 28.4. The molecule has 47 heavy (non-hydrogen) atoms. The van der Waals surface area contributed by atoms with Crippen LogP contribution in [0.3, 0.4) is 0 Å². The largest absolute Gasteiger partial charge is 0.251 e. The van der Waals surface area contributed by atoms with Gasteiger partial charge in [-0.05, 0) is 123 Å². The Kier molecular flexibility index (Phi) is 12.6. The van der Waals surface area contributed by atoms with E-state index in [-0.39, 0.29) is 16.8 Å². The van der Waals surface area contributed by atoms with Crippen molar-refractivity contribution in [1.82, 2.24) is 4.98 Å². The number of pyridine rings is 1. The average Bonchev–Trinajstić information content (AvgIpc) is 3.95. The van der Waals surface area contributed by atoms with E-state index < -0.39 is 0 Å². The molecular formula is C41H51CoN5. The summed E-state index contributed by atoms with van der Waals surface area (Å²) < 4.78 is 0. The van der Waals surface area contributed by atoms with Crippen molar-refractivity contribution in [3.05, 3.63) is 88.2 Å². The normalized spacial score (nSPS) is 19.9. The number of benzene rings is 2. The van der Waals surface area contributed by atoms with Gasteiger partial charge in [0.15, 0.2) is 0 Å². The summed E-state index contributed by atoms with van der Waals surface area (Å²) in [7, 11) is 0. The number of hydrogen-bond acceptors (Lipinski definition) is 5. The van der Waals surface area contributed by atoms with E-state index >= 15 is 0 Å². The van der Waals surface area contributed by atoms with Gasteiger partial charge in [0.25, 0.3) is 0 Å². The molecule has 1 heterocycles. The minimum absolute atomic E-state index is 0. The summed E-state index contributed by atoms with van der Waals surface area (Å²) in [4.78, 5) is 16.1. The number of aromatic nitrogens is 1. The maximum absolute atomic E-state index is 6.00. The molecule has 0 aliphatic heterocycles. The predicted octanol–water partition coefficient (Wildman–Crippen LogP) is 12.0. The predicted molar refractivity (Wildman–Crippen MR) is 189 cm³/mol. The Balaban J connectivity index is 0.00000142. The van der Waals surface area contributed by atoms with Crippen molar-refractivity contribution in [1.29, 1.82) is 10.8 Å². The standard InChI is InChI=1S/C41H51N3.Co.N2/c1-28(42-40-34(30-14-3-4-15-30)22-11-23-35(40)31-16-5-6-17-31)38-26-13-27-39(44-38)29(2)43-41-36(32-18-7-8-19-32)24-12-25-37(41)33-20-9-10-21-33;;1-2/h11-13,22-27,30-33H,3-10,14-21H2,1-2H3;;. The van der Waals surface area contributed by atoms with Gasteiger partial charge in [0.1, 0.15) is 0 Å². The van der Waals surface area contributed by atoms with Gasteiger partial charge in [-0.2, -0.15) is 0 Å². The van der Waals surface area contributed by atoms with E-state index in [0.29, 0.717) is 23.7 Å². The Labute approximate surface area is 292 Å². The molecule has 4 fully saturated rings. The monoisotopic (exact) mass is 672 g/mol. The molecule has 0 amide bonds. The quantitative estimate of drug-likeness (QED) is 0.176. The minimum Gasteiger partial charge on any atom is -0.251 e. The van der Waals surface area contributed by atoms with Crippen LogP contribution in [0.4, 0.5) is 11.4 Å². The van der Waals surface area contributed by atoms with Gasteiger partial charge < -0.3 is 0 Å². The van der Waals surface area contributed by atoms with E-state index in [4.69, 9.17) is 25.8 Å². The zero-order valence-corrected chi connectivity index (χ0v) is 29.4. The molecule has 0 N–H and O–H groups in total. The Morgan fingerprint density at radius 1 is 0.489 bits per heavy atom. The number of aliphatic imine (C=N–C) groups is 2. The summed E-state index contributed by atoms with van der Waals surface area (Å²) in [5.41, 5.74) is 12.4. The first-order chi connectivity index (χ1) is 22.7. The van der Waals surface area contributed by atoms with Crippen molar-refractivity contribution < 1.29 is 16.8 Å². The molecule has 4 aliphatic carbocycles. The molecule has 0 saturated heterocycles. The van der Waals surface area contributed by atoms with Crippen LogP contribution in [0.1, 0.15) is 174 Å². The molecule has 3 aromatic rings. The number of hydrogen-bond donors (Lipinski definition) is 0. The van der Waals surface area contributed by atoms with Gasteiger partial charge in [-0.15, -0.1) is 0 Å². The van der Waals surface area contributed by atoms with E-state index in [2.05, 4.69) is 68.4 Å². The molecule has 2 aromatic carbocycles. The van der Waals surface area contributed by atoms with Crippen molar-refractivity contribution in [3.63, 3.8) is 0 Å². The van der Waals surface area contributed by atoms with Crippen LogP contribution in [0.5, 0.6) is 0 Å². The summed E-state index contributed by atoms with van der Waals surface area (Å²) in [6, 6.07) is 20.5. The van der Waals surface area contributed by atoms with Gasteiger partial charge in [-0.25, -0.2) is 4.98 Å². The van der Waals surface area contributed by atoms with E-state index in [0.717, 1.165) is 22.8 Å². The Bertz CT molecular complexity index is 1390. The number of rotatable bonds is 8. The van der Waals surface area contributed by atoms with Gasteiger partial charge in [-0.3, -0.25) is 9.98 Å². The third-order valence-corrected chi connectivity index (χ3v) is 11.4. The summed E-state index contributed by atoms with van der Waals surface area (Å²) in [6.45, 7) is 4.33. The van der Waals surface area contributed by atoms with Crippen LogP contribution in [0.15, 0.2) is 64.6 Å². The average molecular weight is 673 g/mol. The van der Waals surface area contributed by atoms with Crippen LogP contribution < -0.4 is 0 Å². The molecule has 0 spiro atoms. The fourth-order valence-electron chi connectivity index (χ4n) is 8.97. The van der Waals surface area contributed by atoms with Crippen molar-refractivity contribution in [2.45, 2.75) is 140 Å². The molecule has 4 saturated carbocycles. The van der Waals surface area contributed by atoms with Crippen LogP contribution >= 0.6 is 0 Å². The van der Waals surface area contributed by atoms with Crippen molar-refractivity contribution in [2.75, 3.05) is 0 Å². The van der Waals surface area contributed by atoms with E-state index in [1.165, 1.54) is 136 Å². The maximum Gasteiger partial charge on any atom is 0.0849 e. The third kappa shape index (κ3) is 7.95. The second-order valence-electron chi connectivity index (χ2n) is 14.3. The summed E-state index contributed by atoms with van der Waals surface area (Å²) in [6.07, 6.45) is 21.1. The zero-order chi connectivity index (χ0) is 31.9. The van der Waals surface area contributed by atoms with E-state index in [1.807, 2.05) is 0 Å². The second kappa shape index (κ2) is 16.8. The molecule has 1 aromatic heterocycles. The number of para-hydroxylation sites is 2. The maximum atomic E-state index is 6.00. The van der Waals surface area contributed by atoms with Crippen molar-refractivity contribution in [2.24, 2.45) is 9.98 Å². The Morgan fingerprint density at radius 2 is 0.745 bits per heavy atom. The van der Waals surface area contributed by atoms with Crippen LogP contribution in [0.2, 0.25) is 0 Å². The fraction of sp³-hybridized carbons (Fsp3) is 0.537. The van der Waals surface area contributed by atoms with E-state index in [9.17, 15) is 0 Å². The molecule has 249 valence electrons. The second-order valence-corrected chi connectivity index (χ2v) is 14.3. The molecule has 0 atom stereocenters. The van der Waals surface area contributed by atoms with Gasteiger partial charge >= 0.3 is 0 Å². The smallest absolute Gasteiger partial charge is 0.0849 e. The van der Waals surface area contributed by atoms with Gasteiger partial charge in [0, 0.05) is 27.6 Å². The van der Waals surface area contributed by atoms with Crippen LogP contribution in [-0.4, -0.2) is 16.4 Å². The molecule has 1 radical (unpaired) electrons. The Hall–Kier alpha value is -3.14. The first kappa shape index (κ1) is 35.2. The summed E-state index contributed by atoms with van der Waals surface area (Å²) in [5.74, 6) is 2.58. The summed E-state index contributed by atoms with van der Waals surface area (Å²) in [5, 5.41) is 12.0. The first-order valence-electron chi connectivity index (χ1n) is 18.2. The van der Waals surface area contributed by atoms with E-state index in [1.54, 1.807) is 0 Å². The van der Waals surface area contributed by atoms with Crippen molar-refractivity contribution >= 4 is 22.8 Å². The molecule has 6 heteroatoms. The summed E-state index contributed by atoms with van der Waals surface area (Å²) >= 11 is 0. The van der Waals surface area contributed by atoms with Crippen molar-refractivity contribution in [3.8, 4) is 0 Å². The molecule has 4 aliphatic rings. The van der Waals surface area contributed by atoms with Crippen LogP contribution in [0, 0.1) is 10.8 Å². The number of nitrogens with zero attached hydrogens (tertiary/aromatic N) is 5. The molecule has 7 rings (SSSR count). The molecule has 0 unspecified atom stereocenters.